The SMILES string of the molecule is CCN1CCN(CC(C)Nc2ccnc3cc(Cl)ccc23)CC1. The second-order valence-electron chi connectivity index (χ2n) is 6.30. The summed E-state index contributed by atoms with van der Waals surface area (Å²) >= 11 is 6.06. The van der Waals surface area contributed by atoms with Gasteiger partial charge in [0.05, 0.1) is 5.52 Å². The molecule has 0 saturated carbocycles. The minimum Gasteiger partial charge on any atom is -0.381 e. The molecule has 2 heterocycles. The van der Waals surface area contributed by atoms with Gasteiger partial charge >= 0.3 is 0 Å². The van der Waals surface area contributed by atoms with Crippen molar-refractivity contribution in [3.63, 3.8) is 0 Å². The standard InChI is InChI=1S/C18H25ClN4/c1-3-22-8-10-23(11-9-22)13-14(2)21-17-6-7-20-18-12-15(19)4-5-16(17)18/h4-7,12,14H,3,8-11,13H2,1-2H3,(H,20,21). The van der Waals surface area contributed by atoms with E-state index in [1.807, 2.05) is 30.5 Å². The van der Waals surface area contributed by atoms with Gasteiger partial charge in [0.1, 0.15) is 0 Å². The molecule has 1 aliphatic rings. The first-order chi connectivity index (χ1) is 11.2. The normalized spacial score (nSPS) is 18.2. The minimum atomic E-state index is 0.393. The van der Waals surface area contributed by atoms with Crippen molar-refractivity contribution in [2.24, 2.45) is 0 Å². The number of nitrogens with one attached hydrogen (secondary N) is 1. The summed E-state index contributed by atoms with van der Waals surface area (Å²) in [5.74, 6) is 0. The second kappa shape index (κ2) is 7.47. The van der Waals surface area contributed by atoms with Crippen molar-refractivity contribution in [3.05, 3.63) is 35.5 Å². The maximum atomic E-state index is 6.06. The number of hydrogen-bond acceptors (Lipinski definition) is 4. The van der Waals surface area contributed by atoms with Crippen LogP contribution in [0.4, 0.5) is 5.69 Å². The third kappa shape index (κ3) is 4.14. The molecule has 1 aliphatic heterocycles. The van der Waals surface area contributed by atoms with E-state index in [0.29, 0.717) is 6.04 Å². The van der Waals surface area contributed by atoms with E-state index in [4.69, 9.17) is 11.6 Å². The van der Waals surface area contributed by atoms with Crippen LogP contribution in [0.1, 0.15) is 13.8 Å². The smallest absolute Gasteiger partial charge is 0.0737 e. The molecule has 2 aromatic rings. The van der Waals surface area contributed by atoms with Gasteiger partial charge in [-0.3, -0.25) is 9.88 Å². The molecular weight excluding hydrogens is 308 g/mol. The molecule has 0 bridgehead atoms. The van der Waals surface area contributed by atoms with Crippen LogP contribution in [0.5, 0.6) is 0 Å². The van der Waals surface area contributed by atoms with Crippen LogP contribution in [-0.4, -0.2) is 60.1 Å². The lowest BCUT2D eigenvalue weighted by atomic mass is 10.1. The van der Waals surface area contributed by atoms with Crippen LogP contribution in [0.2, 0.25) is 5.02 Å². The zero-order chi connectivity index (χ0) is 16.2. The van der Waals surface area contributed by atoms with Gasteiger partial charge < -0.3 is 10.2 Å². The molecule has 1 atom stereocenters. The fourth-order valence-electron chi connectivity index (χ4n) is 3.23. The summed E-state index contributed by atoms with van der Waals surface area (Å²) in [7, 11) is 0. The van der Waals surface area contributed by atoms with Crippen LogP contribution in [0, 0.1) is 0 Å². The number of nitrogens with zero attached hydrogens (tertiary/aromatic N) is 3. The number of fused-ring (bicyclic) bond motifs is 1. The van der Waals surface area contributed by atoms with Gasteiger partial charge in [0.15, 0.2) is 0 Å². The Morgan fingerprint density at radius 2 is 1.91 bits per heavy atom. The lowest BCUT2D eigenvalue weighted by Crippen LogP contribution is -2.48. The van der Waals surface area contributed by atoms with Crippen LogP contribution in [0.25, 0.3) is 10.9 Å². The van der Waals surface area contributed by atoms with Gasteiger partial charge in [-0.25, -0.2) is 0 Å². The van der Waals surface area contributed by atoms with Crippen LogP contribution in [-0.2, 0) is 0 Å². The van der Waals surface area contributed by atoms with Crippen LogP contribution < -0.4 is 5.32 Å². The van der Waals surface area contributed by atoms with Gasteiger partial charge in [0, 0.05) is 61.1 Å². The van der Waals surface area contributed by atoms with Crippen molar-refractivity contribution in [1.29, 1.82) is 0 Å². The maximum Gasteiger partial charge on any atom is 0.0737 e. The molecule has 4 nitrogen and oxygen atoms in total. The van der Waals surface area contributed by atoms with Crippen molar-refractivity contribution in [1.82, 2.24) is 14.8 Å². The van der Waals surface area contributed by atoms with Crippen LogP contribution >= 0.6 is 11.6 Å². The second-order valence-corrected chi connectivity index (χ2v) is 6.74. The third-order valence-corrected chi connectivity index (χ3v) is 4.79. The van der Waals surface area contributed by atoms with Crippen molar-refractivity contribution < 1.29 is 0 Å². The quantitative estimate of drug-likeness (QED) is 0.910. The van der Waals surface area contributed by atoms with E-state index in [9.17, 15) is 0 Å². The summed E-state index contributed by atoms with van der Waals surface area (Å²) in [5, 5.41) is 5.49. The summed E-state index contributed by atoms with van der Waals surface area (Å²) in [4.78, 5) is 9.46. The Balaban J connectivity index is 1.63. The fraction of sp³-hybridized carbons (Fsp3) is 0.500. The molecule has 3 rings (SSSR count). The van der Waals surface area contributed by atoms with Crippen LogP contribution in [0.15, 0.2) is 30.5 Å². The lowest BCUT2D eigenvalue weighted by molar-refractivity contribution is 0.135. The van der Waals surface area contributed by atoms with Gasteiger partial charge in [0.2, 0.25) is 0 Å². The van der Waals surface area contributed by atoms with E-state index in [2.05, 4.69) is 33.9 Å². The zero-order valence-electron chi connectivity index (χ0n) is 13.9. The van der Waals surface area contributed by atoms with Crippen molar-refractivity contribution in [3.8, 4) is 0 Å². The number of pyridine rings is 1. The number of benzene rings is 1. The van der Waals surface area contributed by atoms with Crippen molar-refractivity contribution in [2.45, 2.75) is 19.9 Å². The van der Waals surface area contributed by atoms with Crippen LogP contribution in [0.3, 0.4) is 0 Å². The van der Waals surface area contributed by atoms with Crippen molar-refractivity contribution >= 4 is 28.2 Å². The molecule has 0 radical (unpaired) electrons. The molecule has 0 aliphatic carbocycles. The highest BCUT2D eigenvalue weighted by molar-refractivity contribution is 6.31. The molecule has 1 aromatic carbocycles. The molecule has 23 heavy (non-hydrogen) atoms. The predicted octanol–water partition coefficient (Wildman–Crippen LogP) is 3.33. The van der Waals surface area contributed by atoms with E-state index in [-0.39, 0.29) is 0 Å². The number of hydrogen-bond donors (Lipinski definition) is 1. The number of likely N-dealkylation sites (N-methyl/N-ethyl adjacent to an activating group) is 1. The molecule has 0 spiro atoms. The average molecular weight is 333 g/mol. The molecular formula is C18H25ClN4. The first-order valence-electron chi connectivity index (χ1n) is 8.41. The maximum absolute atomic E-state index is 6.06. The Kier molecular flexibility index (Phi) is 5.36. The Bertz CT molecular complexity index is 653. The Hall–Kier alpha value is -1.36. The molecule has 0 amide bonds. The number of anilines is 1. The van der Waals surface area contributed by atoms with E-state index in [0.717, 1.165) is 47.8 Å². The van der Waals surface area contributed by atoms with E-state index in [1.54, 1.807) is 0 Å². The Morgan fingerprint density at radius 3 is 2.65 bits per heavy atom. The predicted molar refractivity (Wildman–Crippen MR) is 98.4 cm³/mol. The first kappa shape index (κ1) is 16.5. The van der Waals surface area contributed by atoms with E-state index < -0.39 is 0 Å². The highest BCUT2D eigenvalue weighted by atomic mass is 35.5. The number of aromatic nitrogens is 1. The van der Waals surface area contributed by atoms with Gasteiger partial charge in [-0.15, -0.1) is 0 Å². The highest BCUT2D eigenvalue weighted by Gasteiger charge is 2.17. The fourth-order valence-corrected chi connectivity index (χ4v) is 3.40. The Labute approximate surface area is 143 Å². The van der Waals surface area contributed by atoms with Gasteiger partial charge in [-0.2, -0.15) is 0 Å². The summed E-state index contributed by atoms with van der Waals surface area (Å²) in [6.45, 7) is 11.4. The van der Waals surface area contributed by atoms with Gasteiger partial charge in [-0.1, -0.05) is 18.5 Å². The number of rotatable bonds is 5. The lowest BCUT2D eigenvalue weighted by Gasteiger charge is -2.35. The summed E-state index contributed by atoms with van der Waals surface area (Å²) in [6.07, 6.45) is 1.84. The summed E-state index contributed by atoms with van der Waals surface area (Å²) < 4.78 is 0. The molecule has 1 saturated heterocycles. The van der Waals surface area contributed by atoms with Gasteiger partial charge in [0.25, 0.3) is 0 Å². The van der Waals surface area contributed by atoms with Gasteiger partial charge in [-0.05, 0) is 37.7 Å². The van der Waals surface area contributed by atoms with E-state index in [1.165, 1.54) is 13.1 Å². The number of piperazine rings is 1. The zero-order valence-corrected chi connectivity index (χ0v) is 14.7. The molecule has 124 valence electrons. The monoisotopic (exact) mass is 332 g/mol. The summed E-state index contributed by atoms with van der Waals surface area (Å²) in [5.41, 5.74) is 2.07. The molecule has 5 heteroatoms. The van der Waals surface area contributed by atoms with E-state index >= 15 is 0 Å². The summed E-state index contributed by atoms with van der Waals surface area (Å²) in [6, 6.07) is 8.31. The molecule has 1 unspecified atom stereocenters. The highest BCUT2D eigenvalue weighted by Crippen LogP contribution is 2.25. The largest absolute Gasteiger partial charge is 0.381 e. The first-order valence-corrected chi connectivity index (χ1v) is 8.79. The number of halogens is 1. The minimum absolute atomic E-state index is 0.393. The third-order valence-electron chi connectivity index (χ3n) is 4.55. The molecule has 1 aromatic heterocycles. The van der Waals surface area contributed by atoms with Crippen molar-refractivity contribution in [2.75, 3.05) is 44.6 Å². The Morgan fingerprint density at radius 1 is 1.17 bits per heavy atom. The topological polar surface area (TPSA) is 31.4 Å². The molecule has 1 N–H and O–H groups in total. The average Bonchev–Trinajstić information content (AvgIpc) is 2.55. The molecule has 1 fully saturated rings.